The third-order valence-corrected chi connectivity index (χ3v) is 5.29. The van der Waals surface area contributed by atoms with Gasteiger partial charge in [-0.2, -0.15) is 4.98 Å². The van der Waals surface area contributed by atoms with Crippen LogP contribution >= 0.6 is 0 Å². The highest BCUT2D eigenvalue weighted by Gasteiger charge is 2.30. The number of aryl methyl sites for hydroxylation is 2. The number of aromatic nitrogens is 2. The van der Waals surface area contributed by atoms with E-state index in [0.29, 0.717) is 18.7 Å². The molecule has 24 heavy (non-hydrogen) atoms. The van der Waals surface area contributed by atoms with Gasteiger partial charge >= 0.3 is 0 Å². The first-order valence-electron chi connectivity index (χ1n) is 9.43. The van der Waals surface area contributed by atoms with Gasteiger partial charge in [-0.25, -0.2) is 0 Å². The van der Waals surface area contributed by atoms with Crippen LogP contribution in [0.1, 0.15) is 57.2 Å². The molecule has 134 valence electrons. The van der Waals surface area contributed by atoms with Gasteiger partial charge in [0, 0.05) is 45.6 Å². The maximum Gasteiger partial charge on any atom is 0.226 e. The Morgan fingerprint density at radius 3 is 2.75 bits per heavy atom. The summed E-state index contributed by atoms with van der Waals surface area (Å²) in [5.41, 5.74) is 0. The Labute approximate surface area is 143 Å². The summed E-state index contributed by atoms with van der Waals surface area (Å²) in [6, 6.07) is 0. The predicted molar refractivity (Wildman–Crippen MR) is 89.5 cm³/mol. The second kappa shape index (κ2) is 8.60. The molecule has 0 saturated carbocycles. The van der Waals surface area contributed by atoms with Crippen molar-refractivity contribution in [2.24, 2.45) is 11.8 Å². The number of likely N-dealkylation sites (tertiary alicyclic amines) is 1. The molecule has 0 radical (unpaired) electrons. The highest BCUT2D eigenvalue weighted by molar-refractivity contribution is 5.76. The molecule has 0 spiro atoms. The fourth-order valence-electron chi connectivity index (χ4n) is 3.81. The van der Waals surface area contributed by atoms with Crippen LogP contribution in [-0.4, -0.2) is 47.3 Å². The zero-order valence-corrected chi connectivity index (χ0v) is 14.7. The average molecular weight is 335 g/mol. The minimum Gasteiger partial charge on any atom is -0.381 e. The normalized spacial score (nSPS) is 22.2. The molecule has 2 fully saturated rings. The summed E-state index contributed by atoms with van der Waals surface area (Å²) in [5, 5.41) is 3.95. The van der Waals surface area contributed by atoms with Gasteiger partial charge in [0.2, 0.25) is 11.8 Å². The average Bonchev–Trinajstić information content (AvgIpc) is 3.27. The van der Waals surface area contributed by atoms with Crippen LogP contribution in [0.25, 0.3) is 0 Å². The van der Waals surface area contributed by atoms with Crippen LogP contribution in [-0.2, 0) is 22.4 Å². The first-order valence-corrected chi connectivity index (χ1v) is 9.43. The molecular formula is C18H29N3O3. The number of ether oxygens (including phenoxy) is 1. The van der Waals surface area contributed by atoms with E-state index < -0.39 is 0 Å². The predicted octanol–water partition coefficient (Wildman–Crippen LogP) is 2.62. The van der Waals surface area contributed by atoms with Crippen molar-refractivity contribution in [1.29, 1.82) is 0 Å². The number of nitrogens with zero attached hydrogens (tertiary/aromatic N) is 3. The van der Waals surface area contributed by atoms with E-state index in [9.17, 15) is 4.79 Å². The van der Waals surface area contributed by atoms with E-state index in [0.717, 1.165) is 76.1 Å². The topological polar surface area (TPSA) is 68.5 Å². The largest absolute Gasteiger partial charge is 0.381 e. The molecule has 2 aliphatic rings. The summed E-state index contributed by atoms with van der Waals surface area (Å²) in [4.78, 5) is 18.7. The molecule has 0 aromatic carbocycles. The Morgan fingerprint density at radius 2 is 2.04 bits per heavy atom. The fourth-order valence-corrected chi connectivity index (χ4v) is 3.81. The zero-order chi connectivity index (χ0) is 16.8. The summed E-state index contributed by atoms with van der Waals surface area (Å²) < 4.78 is 10.7. The van der Waals surface area contributed by atoms with Crippen molar-refractivity contribution in [2.45, 2.75) is 58.3 Å². The second-order valence-electron chi connectivity index (χ2n) is 7.05. The number of piperidine rings is 1. The molecule has 2 saturated heterocycles. The van der Waals surface area contributed by atoms with Crippen LogP contribution in [0, 0.1) is 11.8 Å². The maximum atomic E-state index is 12.4. The summed E-state index contributed by atoms with van der Waals surface area (Å²) in [5.74, 6) is 3.16. The van der Waals surface area contributed by atoms with Crippen LogP contribution in [0.2, 0.25) is 0 Å². The molecule has 6 heteroatoms. The van der Waals surface area contributed by atoms with E-state index in [-0.39, 0.29) is 5.91 Å². The van der Waals surface area contributed by atoms with Gasteiger partial charge < -0.3 is 14.2 Å². The Balaban J connectivity index is 1.35. The Morgan fingerprint density at radius 1 is 1.21 bits per heavy atom. The first kappa shape index (κ1) is 17.4. The Bertz CT molecular complexity index is 517. The molecule has 2 aliphatic heterocycles. The standard InChI is InChI=1S/C18H29N3O3/c1-2-4-16-19-17(24-20-16)5-3-6-18(22)21-10-7-14(8-11-21)15-9-12-23-13-15/h14-15H,2-13H2,1H3. The SMILES string of the molecule is CCCc1noc(CCCC(=O)N2CCC(C3CCOC3)CC2)n1. The van der Waals surface area contributed by atoms with Crippen LogP contribution in [0.5, 0.6) is 0 Å². The lowest BCUT2D eigenvalue weighted by Gasteiger charge is -2.34. The number of rotatable bonds is 7. The zero-order valence-electron chi connectivity index (χ0n) is 14.7. The van der Waals surface area contributed by atoms with Gasteiger partial charge in [0.05, 0.1) is 0 Å². The van der Waals surface area contributed by atoms with E-state index in [2.05, 4.69) is 17.1 Å². The molecule has 0 N–H and O–H groups in total. The van der Waals surface area contributed by atoms with Crippen molar-refractivity contribution in [3.05, 3.63) is 11.7 Å². The van der Waals surface area contributed by atoms with Gasteiger partial charge in [-0.15, -0.1) is 0 Å². The molecule has 1 unspecified atom stereocenters. The highest BCUT2D eigenvalue weighted by Crippen LogP contribution is 2.30. The monoisotopic (exact) mass is 335 g/mol. The van der Waals surface area contributed by atoms with Crippen molar-refractivity contribution in [3.8, 4) is 0 Å². The lowest BCUT2D eigenvalue weighted by molar-refractivity contribution is -0.132. The van der Waals surface area contributed by atoms with E-state index in [1.807, 2.05) is 4.90 Å². The van der Waals surface area contributed by atoms with Gasteiger partial charge in [-0.3, -0.25) is 4.79 Å². The third-order valence-electron chi connectivity index (χ3n) is 5.29. The summed E-state index contributed by atoms with van der Waals surface area (Å²) in [6.07, 6.45) is 7.37. The van der Waals surface area contributed by atoms with Gasteiger partial charge in [-0.05, 0) is 43.9 Å². The highest BCUT2D eigenvalue weighted by atomic mass is 16.5. The molecule has 6 nitrogen and oxygen atoms in total. The summed E-state index contributed by atoms with van der Waals surface area (Å²) in [6.45, 7) is 5.74. The van der Waals surface area contributed by atoms with Crippen LogP contribution in [0.4, 0.5) is 0 Å². The van der Waals surface area contributed by atoms with Gasteiger partial charge in [0.1, 0.15) is 0 Å². The Kier molecular flexibility index (Phi) is 6.24. The van der Waals surface area contributed by atoms with Gasteiger partial charge in [0.25, 0.3) is 0 Å². The van der Waals surface area contributed by atoms with Crippen molar-refractivity contribution in [1.82, 2.24) is 15.0 Å². The summed E-state index contributed by atoms with van der Waals surface area (Å²) >= 11 is 0. The minimum absolute atomic E-state index is 0.268. The van der Waals surface area contributed by atoms with E-state index in [4.69, 9.17) is 9.26 Å². The lowest BCUT2D eigenvalue weighted by Crippen LogP contribution is -2.40. The molecule has 3 heterocycles. The first-order chi connectivity index (χ1) is 11.8. The molecule has 1 amide bonds. The van der Waals surface area contributed by atoms with E-state index in [1.165, 1.54) is 6.42 Å². The van der Waals surface area contributed by atoms with E-state index >= 15 is 0 Å². The van der Waals surface area contributed by atoms with Crippen molar-refractivity contribution in [3.63, 3.8) is 0 Å². The van der Waals surface area contributed by atoms with Gasteiger partial charge in [-0.1, -0.05) is 12.1 Å². The van der Waals surface area contributed by atoms with Gasteiger partial charge in [0.15, 0.2) is 5.82 Å². The van der Waals surface area contributed by atoms with Crippen LogP contribution in [0.15, 0.2) is 4.52 Å². The quantitative estimate of drug-likeness (QED) is 0.766. The van der Waals surface area contributed by atoms with Crippen molar-refractivity contribution >= 4 is 5.91 Å². The number of carbonyl (C=O) groups is 1. The molecule has 1 aromatic heterocycles. The molecule has 3 rings (SSSR count). The molecular weight excluding hydrogens is 306 g/mol. The maximum absolute atomic E-state index is 12.4. The molecule has 0 aliphatic carbocycles. The third kappa shape index (κ3) is 4.56. The number of amides is 1. The smallest absolute Gasteiger partial charge is 0.226 e. The van der Waals surface area contributed by atoms with Crippen LogP contribution in [0.3, 0.4) is 0 Å². The van der Waals surface area contributed by atoms with Crippen molar-refractivity contribution < 1.29 is 14.1 Å². The summed E-state index contributed by atoms with van der Waals surface area (Å²) in [7, 11) is 0. The van der Waals surface area contributed by atoms with Crippen molar-refractivity contribution in [2.75, 3.05) is 26.3 Å². The molecule has 1 atom stereocenters. The number of carbonyl (C=O) groups excluding carboxylic acids is 1. The molecule has 0 bridgehead atoms. The minimum atomic E-state index is 0.268. The lowest BCUT2D eigenvalue weighted by atomic mass is 9.84. The molecule has 1 aromatic rings. The second-order valence-corrected chi connectivity index (χ2v) is 7.05. The van der Waals surface area contributed by atoms with E-state index in [1.54, 1.807) is 0 Å². The van der Waals surface area contributed by atoms with Crippen LogP contribution < -0.4 is 0 Å². The number of hydrogen-bond acceptors (Lipinski definition) is 5. The number of hydrogen-bond donors (Lipinski definition) is 0. The Hall–Kier alpha value is -1.43. The fraction of sp³-hybridized carbons (Fsp3) is 0.833.